The number of aliphatic hydroxyl groups excluding tert-OH is 1. The maximum absolute atomic E-state index is 8.60. The van der Waals surface area contributed by atoms with Crippen LogP contribution in [0.2, 0.25) is 0 Å². The Morgan fingerprint density at radius 1 is 1.75 bits per heavy atom. The molecular formula is C6H11O2. The second-order valence-electron chi connectivity index (χ2n) is 2.13. The van der Waals surface area contributed by atoms with Gasteiger partial charge in [0, 0.05) is 12.5 Å². The van der Waals surface area contributed by atoms with E-state index >= 15 is 0 Å². The maximum Gasteiger partial charge on any atom is 0.0836 e. The zero-order valence-corrected chi connectivity index (χ0v) is 4.84. The molecule has 0 aromatic rings. The SMILES string of the molecule is OCC1CC[CH]OC1. The van der Waals surface area contributed by atoms with Gasteiger partial charge in [0.2, 0.25) is 0 Å². The van der Waals surface area contributed by atoms with Crippen LogP contribution in [-0.2, 0) is 4.74 Å². The molecule has 1 aliphatic heterocycles. The fourth-order valence-corrected chi connectivity index (χ4v) is 0.819. The van der Waals surface area contributed by atoms with Crippen LogP contribution < -0.4 is 0 Å². The smallest absolute Gasteiger partial charge is 0.0836 e. The predicted molar refractivity (Wildman–Crippen MR) is 30.1 cm³/mol. The molecule has 1 saturated heterocycles. The van der Waals surface area contributed by atoms with Gasteiger partial charge in [-0.25, -0.2) is 0 Å². The second-order valence-corrected chi connectivity index (χ2v) is 2.13. The minimum absolute atomic E-state index is 0.272. The summed E-state index contributed by atoms with van der Waals surface area (Å²) in [6.45, 7) is 2.79. The minimum Gasteiger partial charge on any atom is -0.396 e. The van der Waals surface area contributed by atoms with Crippen LogP contribution in [0.25, 0.3) is 0 Å². The van der Waals surface area contributed by atoms with Gasteiger partial charge in [-0.2, -0.15) is 0 Å². The van der Waals surface area contributed by atoms with Crippen LogP contribution in [0.15, 0.2) is 0 Å². The third kappa shape index (κ3) is 1.46. The van der Waals surface area contributed by atoms with E-state index in [1.165, 1.54) is 0 Å². The fraction of sp³-hybridized carbons (Fsp3) is 0.833. The number of rotatable bonds is 1. The van der Waals surface area contributed by atoms with E-state index in [2.05, 4.69) is 0 Å². The zero-order valence-electron chi connectivity index (χ0n) is 4.84. The van der Waals surface area contributed by atoms with Gasteiger partial charge in [0.1, 0.15) is 0 Å². The number of hydrogen-bond acceptors (Lipinski definition) is 2. The van der Waals surface area contributed by atoms with Gasteiger partial charge in [-0.05, 0) is 12.8 Å². The van der Waals surface area contributed by atoms with Gasteiger partial charge < -0.3 is 9.84 Å². The van der Waals surface area contributed by atoms with E-state index in [-0.39, 0.29) is 6.61 Å². The molecule has 0 spiro atoms. The average molecular weight is 115 g/mol. The Kier molecular flexibility index (Phi) is 2.30. The highest BCUT2D eigenvalue weighted by atomic mass is 16.5. The van der Waals surface area contributed by atoms with Gasteiger partial charge in [-0.15, -0.1) is 0 Å². The summed E-state index contributed by atoms with van der Waals surface area (Å²) in [7, 11) is 0. The van der Waals surface area contributed by atoms with Gasteiger partial charge in [-0.1, -0.05) is 0 Å². The van der Waals surface area contributed by atoms with Gasteiger partial charge in [0.05, 0.1) is 13.2 Å². The molecule has 0 aromatic carbocycles. The van der Waals surface area contributed by atoms with Crippen molar-refractivity contribution >= 4 is 0 Å². The molecule has 0 amide bonds. The Bertz CT molecular complexity index is 57.5. The van der Waals surface area contributed by atoms with Crippen molar-refractivity contribution < 1.29 is 9.84 Å². The highest BCUT2D eigenvalue weighted by Gasteiger charge is 2.11. The number of hydrogen-bond donors (Lipinski definition) is 1. The highest BCUT2D eigenvalue weighted by Crippen LogP contribution is 2.14. The van der Waals surface area contributed by atoms with Crippen LogP contribution in [0.3, 0.4) is 0 Å². The average Bonchev–Trinajstić information content (AvgIpc) is 1.90. The van der Waals surface area contributed by atoms with Crippen molar-refractivity contribution in [2.24, 2.45) is 5.92 Å². The van der Waals surface area contributed by atoms with Crippen LogP contribution in [-0.4, -0.2) is 18.3 Å². The number of aliphatic hydroxyl groups is 1. The summed E-state index contributed by atoms with van der Waals surface area (Å²) in [6, 6.07) is 0. The van der Waals surface area contributed by atoms with E-state index in [1.807, 2.05) is 6.61 Å². The Morgan fingerprint density at radius 3 is 3.00 bits per heavy atom. The van der Waals surface area contributed by atoms with Crippen molar-refractivity contribution in [1.82, 2.24) is 0 Å². The molecule has 1 atom stereocenters. The van der Waals surface area contributed by atoms with E-state index in [1.54, 1.807) is 0 Å². The van der Waals surface area contributed by atoms with Crippen molar-refractivity contribution in [2.45, 2.75) is 12.8 Å². The highest BCUT2D eigenvalue weighted by molar-refractivity contribution is 4.66. The molecule has 2 heteroatoms. The Balaban J connectivity index is 2.13. The summed E-state index contributed by atoms with van der Waals surface area (Å²) in [6.07, 6.45) is 2.07. The van der Waals surface area contributed by atoms with Crippen LogP contribution in [0.4, 0.5) is 0 Å². The normalized spacial score (nSPS) is 30.4. The molecular weight excluding hydrogens is 104 g/mol. The van der Waals surface area contributed by atoms with E-state index in [0.29, 0.717) is 12.5 Å². The monoisotopic (exact) mass is 115 g/mol. The first-order chi connectivity index (χ1) is 3.93. The van der Waals surface area contributed by atoms with Gasteiger partial charge in [0.25, 0.3) is 0 Å². The Hall–Kier alpha value is -0.0800. The summed E-state index contributed by atoms with van der Waals surface area (Å²) < 4.78 is 4.99. The molecule has 0 bridgehead atoms. The minimum atomic E-state index is 0.272. The molecule has 0 aliphatic carbocycles. The van der Waals surface area contributed by atoms with Crippen LogP contribution >= 0.6 is 0 Å². The van der Waals surface area contributed by atoms with E-state index in [4.69, 9.17) is 9.84 Å². The largest absolute Gasteiger partial charge is 0.396 e. The van der Waals surface area contributed by atoms with Gasteiger partial charge in [0.15, 0.2) is 0 Å². The lowest BCUT2D eigenvalue weighted by molar-refractivity contribution is 0.0702. The fourth-order valence-electron chi connectivity index (χ4n) is 0.819. The first-order valence-corrected chi connectivity index (χ1v) is 2.97. The Labute approximate surface area is 49.5 Å². The van der Waals surface area contributed by atoms with Crippen LogP contribution in [0.1, 0.15) is 12.8 Å². The molecule has 47 valence electrons. The standard InChI is InChI=1S/C6H11O2/c7-4-6-2-1-3-8-5-6/h3,6-7H,1-2,4-5H2. The molecule has 2 nitrogen and oxygen atoms in total. The predicted octanol–water partition coefficient (Wildman–Crippen LogP) is 0.567. The first kappa shape index (κ1) is 6.05. The van der Waals surface area contributed by atoms with Crippen LogP contribution in [0.5, 0.6) is 0 Å². The molecule has 0 aromatic heterocycles. The second kappa shape index (κ2) is 3.05. The van der Waals surface area contributed by atoms with Crippen LogP contribution in [0, 0.1) is 12.5 Å². The summed E-state index contributed by atoms with van der Waals surface area (Å²) >= 11 is 0. The van der Waals surface area contributed by atoms with Gasteiger partial charge in [-0.3, -0.25) is 0 Å². The quantitative estimate of drug-likeness (QED) is 0.541. The molecule has 0 saturated carbocycles. The summed E-state index contributed by atoms with van der Waals surface area (Å²) in [5, 5.41) is 8.60. The summed E-state index contributed by atoms with van der Waals surface area (Å²) in [5.74, 6) is 0.389. The number of ether oxygens (including phenoxy) is 1. The van der Waals surface area contributed by atoms with Crippen molar-refractivity contribution in [2.75, 3.05) is 13.2 Å². The summed E-state index contributed by atoms with van der Waals surface area (Å²) in [5.41, 5.74) is 0. The summed E-state index contributed by atoms with van der Waals surface area (Å²) in [4.78, 5) is 0. The molecule has 1 radical (unpaired) electrons. The molecule has 1 rings (SSSR count). The van der Waals surface area contributed by atoms with Gasteiger partial charge >= 0.3 is 0 Å². The third-order valence-corrected chi connectivity index (χ3v) is 1.40. The van der Waals surface area contributed by atoms with Crippen molar-refractivity contribution in [3.05, 3.63) is 6.61 Å². The van der Waals surface area contributed by atoms with E-state index in [9.17, 15) is 0 Å². The van der Waals surface area contributed by atoms with E-state index in [0.717, 1.165) is 12.8 Å². The molecule has 1 N–H and O–H groups in total. The van der Waals surface area contributed by atoms with Crippen molar-refractivity contribution in [3.8, 4) is 0 Å². The lowest BCUT2D eigenvalue weighted by Crippen LogP contribution is -2.17. The topological polar surface area (TPSA) is 29.5 Å². The lowest BCUT2D eigenvalue weighted by Gasteiger charge is -2.18. The molecule has 1 unspecified atom stereocenters. The molecule has 1 fully saturated rings. The van der Waals surface area contributed by atoms with E-state index < -0.39 is 0 Å². The van der Waals surface area contributed by atoms with Crippen molar-refractivity contribution in [1.29, 1.82) is 0 Å². The first-order valence-electron chi connectivity index (χ1n) is 2.97. The lowest BCUT2D eigenvalue weighted by atomic mass is 10.0. The zero-order chi connectivity index (χ0) is 5.82. The molecule has 8 heavy (non-hydrogen) atoms. The maximum atomic E-state index is 8.60. The molecule has 1 aliphatic rings. The van der Waals surface area contributed by atoms with Crippen molar-refractivity contribution in [3.63, 3.8) is 0 Å². The molecule has 1 heterocycles. The third-order valence-electron chi connectivity index (χ3n) is 1.40. The Morgan fingerprint density at radius 2 is 2.62 bits per heavy atom.